The second-order valence-corrected chi connectivity index (χ2v) is 9.47. The van der Waals surface area contributed by atoms with Gasteiger partial charge in [0.25, 0.3) is 0 Å². The number of ether oxygens (including phenoxy) is 2. The summed E-state index contributed by atoms with van der Waals surface area (Å²) < 4.78 is 10.7. The highest BCUT2D eigenvalue weighted by Crippen LogP contribution is 2.38. The molecule has 2 aliphatic rings. The number of rotatable bonds is 6. The van der Waals surface area contributed by atoms with E-state index in [4.69, 9.17) is 14.5 Å². The van der Waals surface area contributed by atoms with Crippen LogP contribution in [-0.4, -0.2) is 60.9 Å². The Morgan fingerprint density at radius 1 is 1.34 bits per heavy atom. The van der Waals surface area contributed by atoms with Crippen molar-refractivity contribution in [2.75, 3.05) is 40.0 Å². The number of carbonyl (C=O) groups excluding carboxylic acids is 1. The smallest absolute Gasteiger partial charge is 0.317 e. The number of aromatic amines is 1. The van der Waals surface area contributed by atoms with Crippen molar-refractivity contribution in [1.82, 2.24) is 20.2 Å². The van der Waals surface area contributed by atoms with E-state index in [2.05, 4.69) is 37.1 Å². The Morgan fingerprint density at radius 2 is 2.12 bits per heavy atom. The minimum atomic E-state index is 0.0293. The van der Waals surface area contributed by atoms with Crippen molar-refractivity contribution in [3.05, 3.63) is 35.7 Å². The summed E-state index contributed by atoms with van der Waals surface area (Å²) in [6, 6.07) is 5.98. The quantitative estimate of drug-likeness (QED) is 0.665. The fraction of sp³-hybridized carbons (Fsp3) is 0.600. The van der Waals surface area contributed by atoms with E-state index in [-0.39, 0.29) is 6.03 Å². The number of H-pyrrole nitrogens is 1. The third-order valence-corrected chi connectivity index (χ3v) is 7.05. The first-order chi connectivity index (χ1) is 15.4. The van der Waals surface area contributed by atoms with Crippen LogP contribution in [-0.2, 0) is 11.2 Å². The minimum Gasteiger partial charge on any atom is -0.497 e. The van der Waals surface area contributed by atoms with Crippen LogP contribution in [0.2, 0.25) is 0 Å². The Labute approximate surface area is 190 Å². The maximum absolute atomic E-state index is 12.6. The second-order valence-electron chi connectivity index (χ2n) is 9.47. The number of carbonyl (C=O) groups is 1. The van der Waals surface area contributed by atoms with Crippen LogP contribution < -0.4 is 10.1 Å². The molecule has 1 aromatic carbocycles. The first-order valence-corrected chi connectivity index (χ1v) is 11.8. The van der Waals surface area contributed by atoms with Gasteiger partial charge in [0.05, 0.1) is 31.4 Å². The van der Waals surface area contributed by atoms with Crippen molar-refractivity contribution in [3.63, 3.8) is 0 Å². The molecule has 7 heteroatoms. The van der Waals surface area contributed by atoms with Gasteiger partial charge in [0, 0.05) is 32.1 Å². The van der Waals surface area contributed by atoms with Crippen LogP contribution in [0.25, 0.3) is 11.0 Å². The summed E-state index contributed by atoms with van der Waals surface area (Å²) in [4.78, 5) is 22.7. The number of fused-ring (bicyclic) bond motifs is 1. The molecule has 0 bridgehead atoms. The molecule has 2 amide bonds. The van der Waals surface area contributed by atoms with Crippen molar-refractivity contribution in [2.45, 2.75) is 33.6 Å². The number of morpholine rings is 1. The number of aromatic nitrogens is 2. The first-order valence-electron chi connectivity index (χ1n) is 11.8. The number of benzene rings is 1. The van der Waals surface area contributed by atoms with Gasteiger partial charge >= 0.3 is 6.03 Å². The normalized spacial score (nSPS) is 24.0. The molecule has 1 aliphatic heterocycles. The molecule has 1 fully saturated rings. The Hall–Kier alpha value is -2.54. The van der Waals surface area contributed by atoms with Crippen LogP contribution in [0.3, 0.4) is 0 Å². The molecule has 0 saturated carbocycles. The van der Waals surface area contributed by atoms with E-state index in [1.165, 1.54) is 5.57 Å². The fourth-order valence-corrected chi connectivity index (χ4v) is 5.09. The van der Waals surface area contributed by atoms with E-state index >= 15 is 0 Å². The molecule has 174 valence electrons. The van der Waals surface area contributed by atoms with Crippen LogP contribution in [0.1, 0.15) is 33.0 Å². The molecule has 0 radical (unpaired) electrons. The van der Waals surface area contributed by atoms with E-state index in [0.29, 0.717) is 56.5 Å². The average Bonchev–Trinajstić information content (AvgIpc) is 3.20. The third kappa shape index (κ3) is 5.09. The topological polar surface area (TPSA) is 79.5 Å². The maximum Gasteiger partial charge on any atom is 0.317 e. The van der Waals surface area contributed by atoms with Crippen LogP contribution in [0.5, 0.6) is 5.75 Å². The SMILES string of the molecule is COc1ccc2nc(C[C@@H]3C[C@@H](C(C)C)[C@H](CNC(=O)N4CCOCC4)C=C3C)[nH]c2c1. The predicted octanol–water partition coefficient (Wildman–Crippen LogP) is 4.01. The molecular weight excluding hydrogens is 404 g/mol. The highest BCUT2D eigenvalue weighted by Gasteiger charge is 2.32. The average molecular weight is 441 g/mol. The zero-order valence-electron chi connectivity index (χ0n) is 19.7. The van der Waals surface area contributed by atoms with Gasteiger partial charge in [0.1, 0.15) is 11.6 Å². The van der Waals surface area contributed by atoms with E-state index in [1.807, 2.05) is 23.1 Å². The molecule has 3 atom stereocenters. The lowest BCUT2D eigenvalue weighted by Gasteiger charge is -2.37. The monoisotopic (exact) mass is 440 g/mol. The summed E-state index contributed by atoms with van der Waals surface area (Å²) in [6.45, 7) is 10.1. The highest BCUT2D eigenvalue weighted by molar-refractivity contribution is 5.76. The van der Waals surface area contributed by atoms with Crippen LogP contribution in [0.4, 0.5) is 4.79 Å². The summed E-state index contributed by atoms with van der Waals surface area (Å²) >= 11 is 0. The molecule has 32 heavy (non-hydrogen) atoms. The number of nitrogens with one attached hydrogen (secondary N) is 2. The Bertz CT molecular complexity index is 961. The summed E-state index contributed by atoms with van der Waals surface area (Å²) in [5.74, 6) is 3.74. The van der Waals surface area contributed by atoms with Crippen molar-refractivity contribution in [2.24, 2.45) is 23.7 Å². The van der Waals surface area contributed by atoms with Gasteiger partial charge in [0.15, 0.2) is 0 Å². The highest BCUT2D eigenvalue weighted by atomic mass is 16.5. The van der Waals surface area contributed by atoms with E-state index in [0.717, 1.165) is 35.4 Å². The van der Waals surface area contributed by atoms with E-state index in [1.54, 1.807) is 7.11 Å². The molecule has 2 N–H and O–H groups in total. The molecule has 7 nitrogen and oxygen atoms in total. The van der Waals surface area contributed by atoms with Crippen LogP contribution >= 0.6 is 0 Å². The maximum atomic E-state index is 12.6. The van der Waals surface area contributed by atoms with Gasteiger partial charge < -0.3 is 24.7 Å². The van der Waals surface area contributed by atoms with Crippen molar-refractivity contribution in [3.8, 4) is 5.75 Å². The summed E-state index contributed by atoms with van der Waals surface area (Å²) in [7, 11) is 1.68. The predicted molar refractivity (Wildman–Crippen MR) is 126 cm³/mol. The number of amides is 2. The van der Waals surface area contributed by atoms with Gasteiger partial charge in [-0.25, -0.2) is 9.78 Å². The van der Waals surface area contributed by atoms with Crippen molar-refractivity contribution in [1.29, 1.82) is 0 Å². The van der Waals surface area contributed by atoms with Gasteiger partial charge in [-0.05, 0) is 49.1 Å². The lowest BCUT2D eigenvalue weighted by molar-refractivity contribution is 0.0527. The van der Waals surface area contributed by atoms with Crippen molar-refractivity contribution >= 4 is 17.1 Å². The number of nitrogens with zero attached hydrogens (tertiary/aromatic N) is 2. The third-order valence-electron chi connectivity index (χ3n) is 7.05. The standard InChI is InChI=1S/C25H36N4O3/c1-16(2)21-12-18(13-24-27-22-6-5-20(31-4)14-23(22)28-24)17(3)11-19(21)15-26-25(30)29-7-9-32-10-8-29/h5-6,11,14,16,18-19,21H,7-10,12-13,15H2,1-4H3,(H,26,30)(H,27,28)/t18-,19-,21-/m0/s1. The molecule has 1 aliphatic carbocycles. The van der Waals surface area contributed by atoms with Gasteiger partial charge in [0.2, 0.25) is 0 Å². The zero-order chi connectivity index (χ0) is 22.7. The molecule has 1 aromatic heterocycles. The second kappa shape index (κ2) is 9.94. The zero-order valence-corrected chi connectivity index (χ0v) is 19.7. The van der Waals surface area contributed by atoms with Crippen molar-refractivity contribution < 1.29 is 14.3 Å². The minimum absolute atomic E-state index is 0.0293. The van der Waals surface area contributed by atoms with E-state index in [9.17, 15) is 4.79 Å². The first kappa shape index (κ1) is 22.6. The van der Waals surface area contributed by atoms with Gasteiger partial charge in [-0.3, -0.25) is 0 Å². The van der Waals surface area contributed by atoms with E-state index < -0.39 is 0 Å². The fourth-order valence-electron chi connectivity index (χ4n) is 5.09. The molecular formula is C25H36N4O3. The number of methoxy groups -OCH3 is 1. The molecule has 1 saturated heterocycles. The number of urea groups is 1. The number of imidazole rings is 1. The molecule has 4 rings (SSSR count). The van der Waals surface area contributed by atoms with Crippen LogP contribution in [0, 0.1) is 23.7 Å². The molecule has 2 heterocycles. The van der Waals surface area contributed by atoms with Gasteiger partial charge in [-0.15, -0.1) is 0 Å². The molecule has 0 unspecified atom stereocenters. The van der Waals surface area contributed by atoms with Crippen LogP contribution in [0.15, 0.2) is 29.8 Å². The summed E-state index contributed by atoms with van der Waals surface area (Å²) in [5.41, 5.74) is 3.38. The number of hydrogen-bond acceptors (Lipinski definition) is 4. The summed E-state index contributed by atoms with van der Waals surface area (Å²) in [5, 5.41) is 3.18. The summed E-state index contributed by atoms with van der Waals surface area (Å²) in [6.07, 6.45) is 4.40. The van der Waals surface area contributed by atoms with Gasteiger partial charge in [-0.2, -0.15) is 0 Å². The number of hydrogen-bond donors (Lipinski definition) is 2. The largest absolute Gasteiger partial charge is 0.497 e. The molecule has 0 spiro atoms. The Balaban J connectivity index is 1.43. The Kier molecular flexibility index (Phi) is 7.04. The van der Waals surface area contributed by atoms with Gasteiger partial charge in [-0.1, -0.05) is 25.5 Å². The molecule has 2 aromatic rings. The Morgan fingerprint density at radius 3 is 2.84 bits per heavy atom. The lowest BCUT2D eigenvalue weighted by atomic mass is 9.70. The number of allylic oxidation sites excluding steroid dienone is 1. The lowest BCUT2D eigenvalue weighted by Crippen LogP contribution is -2.48.